The molecular formula is C10H14BrNO3S2. The van der Waals surface area contributed by atoms with E-state index in [-0.39, 0.29) is 23.9 Å². The highest BCUT2D eigenvalue weighted by Crippen LogP contribution is 2.32. The van der Waals surface area contributed by atoms with Gasteiger partial charge < -0.3 is 5.11 Å². The predicted molar refractivity (Wildman–Crippen MR) is 72.8 cm³/mol. The molecule has 0 aromatic carbocycles. The Morgan fingerprint density at radius 1 is 1.65 bits per heavy atom. The molecule has 0 aliphatic heterocycles. The molecule has 96 valence electrons. The van der Waals surface area contributed by atoms with Gasteiger partial charge >= 0.3 is 0 Å². The van der Waals surface area contributed by atoms with Crippen LogP contribution >= 0.6 is 27.3 Å². The monoisotopic (exact) mass is 339 g/mol. The molecule has 0 atom stereocenters. The van der Waals surface area contributed by atoms with Crippen LogP contribution in [0.3, 0.4) is 0 Å². The molecule has 7 heteroatoms. The van der Waals surface area contributed by atoms with E-state index >= 15 is 0 Å². The quantitative estimate of drug-likeness (QED) is 0.806. The fourth-order valence-electron chi connectivity index (χ4n) is 1.25. The lowest BCUT2D eigenvalue weighted by Crippen LogP contribution is -2.33. The van der Waals surface area contributed by atoms with Gasteiger partial charge in [-0.1, -0.05) is 6.08 Å². The molecule has 1 aromatic rings. The maximum absolute atomic E-state index is 12.2. The molecule has 0 unspecified atom stereocenters. The van der Waals surface area contributed by atoms with Crippen molar-refractivity contribution in [3.05, 3.63) is 28.1 Å². The average molecular weight is 340 g/mol. The molecule has 0 bridgehead atoms. The van der Waals surface area contributed by atoms with Crippen molar-refractivity contribution in [3.63, 3.8) is 0 Å². The summed E-state index contributed by atoms with van der Waals surface area (Å²) in [6.45, 7) is 5.41. The van der Waals surface area contributed by atoms with Gasteiger partial charge in [0.2, 0.25) is 0 Å². The number of aliphatic hydroxyl groups excluding tert-OH is 1. The SMILES string of the molecule is C=CCN(CCO)S(=O)(=O)c1cc(C)c(Br)s1. The minimum atomic E-state index is -3.54. The fourth-order valence-corrected chi connectivity index (χ4v) is 5.03. The molecule has 1 heterocycles. The van der Waals surface area contributed by atoms with E-state index in [9.17, 15) is 8.42 Å². The van der Waals surface area contributed by atoms with E-state index in [1.165, 1.54) is 21.7 Å². The molecule has 1 aromatic heterocycles. The van der Waals surface area contributed by atoms with E-state index in [1.807, 2.05) is 6.92 Å². The summed E-state index contributed by atoms with van der Waals surface area (Å²) in [7, 11) is -3.54. The Morgan fingerprint density at radius 2 is 2.29 bits per heavy atom. The Kier molecular flexibility index (Phi) is 5.33. The Bertz CT molecular complexity index is 476. The summed E-state index contributed by atoms with van der Waals surface area (Å²) in [5.41, 5.74) is 0.885. The molecule has 1 rings (SSSR count). The first-order valence-electron chi connectivity index (χ1n) is 4.91. The first kappa shape index (κ1) is 14.8. The lowest BCUT2D eigenvalue weighted by Gasteiger charge is -2.18. The number of hydrogen-bond acceptors (Lipinski definition) is 4. The molecule has 0 saturated heterocycles. The predicted octanol–water partition coefficient (Wildman–Crippen LogP) is 1.99. The number of hydrogen-bond donors (Lipinski definition) is 1. The highest BCUT2D eigenvalue weighted by molar-refractivity contribution is 9.11. The molecule has 0 amide bonds. The fraction of sp³-hybridized carbons (Fsp3) is 0.400. The van der Waals surface area contributed by atoms with Crippen molar-refractivity contribution in [1.82, 2.24) is 4.31 Å². The summed E-state index contributed by atoms with van der Waals surface area (Å²) >= 11 is 4.47. The molecular weight excluding hydrogens is 326 g/mol. The van der Waals surface area contributed by atoms with E-state index in [4.69, 9.17) is 5.11 Å². The van der Waals surface area contributed by atoms with Gasteiger partial charge in [0.05, 0.1) is 10.4 Å². The van der Waals surface area contributed by atoms with Gasteiger partial charge in [-0.25, -0.2) is 8.42 Å². The van der Waals surface area contributed by atoms with Gasteiger partial charge in [0.25, 0.3) is 10.0 Å². The van der Waals surface area contributed by atoms with Crippen LogP contribution in [0.15, 0.2) is 26.7 Å². The standard InChI is InChI=1S/C10H14BrNO3S2/c1-3-4-12(5-6-13)17(14,15)9-7-8(2)10(11)16-9/h3,7,13H,1,4-6H2,2H3. The summed E-state index contributed by atoms with van der Waals surface area (Å²) in [4.78, 5) is 0. The zero-order valence-electron chi connectivity index (χ0n) is 9.39. The van der Waals surface area contributed by atoms with Gasteiger partial charge in [0.1, 0.15) is 4.21 Å². The van der Waals surface area contributed by atoms with Crippen molar-refractivity contribution >= 4 is 37.3 Å². The third kappa shape index (κ3) is 3.38. The van der Waals surface area contributed by atoms with Crippen molar-refractivity contribution in [2.45, 2.75) is 11.1 Å². The number of nitrogens with zero attached hydrogens (tertiary/aromatic N) is 1. The summed E-state index contributed by atoms with van der Waals surface area (Å²) in [6.07, 6.45) is 1.50. The lowest BCUT2D eigenvalue weighted by atomic mass is 10.4. The molecule has 17 heavy (non-hydrogen) atoms. The summed E-state index contributed by atoms with van der Waals surface area (Å²) < 4.78 is 26.8. The van der Waals surface area contributed by atoms with Gasteiger partial charge in [0, 0.05) is 13.1 Å². The van der Waals surface area contributed by atoms with Gasteiger partial charge in [-0.15, -0.1) is 17.9 Å². The van der Waals surface area contributed by atoms with E-state index in [2.05, 4.69) is 22.5 Å². The number of aryl methyl sites for hydroxylation is 1. The van der Waals surface area contributed by atoms with E-state index < -0.39 is 10.0 Å². The van der Waals surface area contributed by atoms with Crippen LogP contribution in [0.2, 0.25) is 0 Å². The smallest absolute Gasteiger partial charge is 0.252 e. The number of halogens is 1. The summed E-state index contributed by atoms with van der Waals surface area (Å²) in [5.74, 6) is 0. The average Bonchev–Trinajstić information content (AvgIpc) is 2.59. The maximum Gasteiger partial charge on any atom is 0.252 e. The van der Waals surface area contributed by atoms with Crippen LogP contribution < -0.4 is 0 Å². The number of aliphatic hydroxyl groups is 1. The van der Waals surface area contributed by atoms with E-state index in [0.717, 1.165) is 9.35 Å². The Hall–Kier alpha value is -0.210. The Morgan fingerprint density at radius 3 is 2.71 bits per heavy atom. The third-order valence-corrected chi connectivity index (χ3v) is 6.56. The van der Waals surface area contributed by atoms with Crippen LogP contribution in [-0.2, 0) is 10.0 Å². The molecule has 0 radical (unpaired) electrons. The number of rotatable bonds is 6. The molecule has 0 aliphatic carbocycles. The zero-order valence-corrected chi connectivity index (χ0v) is 12.6. The zero-order chi connectivity index (χ0) is 13.1. The van der Waals surface area contributed by atoms with Gasteiger partial charge in [0.15, 0.2) is 0 Å². The second-order valence-electron chi connectivity index (χ2n) is 3.40. The lowest BCUT2D eigenvalue weighted by molar-refractivity contribution is 0.260. The van der Waals surface area contributed by atoms with Crippen molar-refractivity contribution in [1.29, 1.82) is 0 Å². The topological polar surface area (TPSA) is 57.6 Å². The number of thiophene rings is 1. The molecule has 0 fully saturated rings. The van der Waals surface area contributed by atoms with Crippen LogP contribution in [0.4, 0.5) is 0 Å². The Balaban J connectivity index is 3.10. The maximum atomic E-state index is 12.2. The molecule has 0 aliphatic rings. The highest BCUT2D eigenvalue weighted by atomic mass is 79.9. The minimum Gasteiger partial charge on any atom is -0.395 e. The first-order chi connectivity index (χ1) is 7.93. The van der Waals surface area contributed by atoms with Crippen molar-refractivity contribution in [2.24, 2.45) is 0 Å². The van der Waals surface area contributed by atoms with Gasteiger partial charge in [-0.2, -0.15) is 4.31 Å². The van der Waals surface area contributed by atoms with Crippen LogP contribution in [0.1, 0.15) is 5.56 Å². The van der Waals surface area contributed by atoms with Crippen molar-refractivity contribution in [3.8, 4) is 0 Å². The first-order valence-corrected chi connectivity index (χ1v) is 7.96. The van der Waals surface area contributed by atoms with E-state index in [0.29, 0.717) is 0 Å². The molecule has 4 nitrogen and oxygen atoms in total. The molecule has 1 N–H and O–H groups in total. The van der Waals surface area contributed by atoms with Gasteiger partial charge in [-0.3, -0.25) is 0 Å². The molecule has 0 spiro atoms. The van der Waals surface area contributed by atoms with Gasteiger partial charge in [-0.05, 0) is 34.5 Å². The second kappa shape index (κ2) is 6.10. The Labute approximate surface area is 114 Å². The second-order valence-corrected chi connectivity index (χ2v) is 7.93. The highest BCUT2D eigenvalue weighted by Gasteiger charge is 2.25. The largest absolute Gasteiger partial charge is 0.395 e. The normalized spacial score (nSPS) is 12.0. The van der Waals surface area contributed by atoms with Crippen molar-refractivity contribution in [2.75, 3.05) is 19.7 Å². The molecule has 0 saturated carbocycles. The third-order valence-electron chi connectivity index (χ3n) is 2.11. The van der Waals surface area contributed by atoms with Crippen molar-refractivity contribution < 1.29 is 13.5 Å². The minimum absolute atomic E-state index is 0.0723. The van der Waals surface area contributed by atoms with Crippen LogP contribution in [-0.4, -0.2) is 37.5 Å². The van der Waals surface area contributed by atoms with Crippen LogP contribution in [0, 0.1) is 6.92 Å². The number of sulfonamides is 1. The van der Waals surface area contributed by atoms with Crippen LogP contribution in [0.5, 0.6) is 0 Å². The van der Waals surface area contributed by atoms with Crippen LogP contribution in [0.25, 0.3) is 0 Å². The van der Waals surface area contributed by atoms with E-state index in [1.54, 1.807) is 6.07 Å². The summed E-state index contributed by atoms with van der Waals surface area (Å²) in [6, 6.07) is 1.62. The summed E-state index contributed by atoms with van der Waals surface area (Å²) in [5, 5.41) is 8.89.